The van der Waals surface area contributed by atoms with Crippen molar-refractivity contribution in [1.29, 1.82) is 0 Å². The molecule has 0 radical (unpaired) electrons. The monoisotopic (exact) mass is 362 g/mol. The number of hydrogen-bond donors (Lipinski definition) is 0. The van der Waals surface area contributed by atoms with Crippen molar-refractivity contribution in [2.24, 2.45) is 0 Å². The van der Waals surface area contributed by atoms with Crippen LogP contribution in [0.15, 0.2) is 18.2 Å². The van der Waals surface area contributed by atoms with Crippen molar-refractivity contribution >= 4 is 17.5 Å². The van der Waals surface area contributed by atoms with Crippen LogP contribution in [0.2, 0.25) is 5.02 Å². The number of hydrogen-bond acceptors (Lipinski definition) is 3. The number of ether oxygens (including phenoxy) is 1. The molecular formula is C20H27ClN2O2. The van der Waals surface area contributed by atoms with Crippen molar-refractivity contribution in [3.05, 3.63) is 28.8 Å². The molecule has 1 aromatic carbocycles. The molecule has 1 aromatic rings. The third-order valence-corrected chi connectivity index (χ3v) is 6.16. The van der Waals surface area contributed by atoms with Gasteiger partial charge in [0.2, 0.25) is 0 Å². The molecule has 4 rings (SSSR count). The predicted molar refractivity (Wildman–Crippen MR) is 99.5 cm³/mol. The summed E-state index contributed by atoms with van der Waals surface area (Å²) in [5, 5.41) is 0.501. The lowest BCUT2D eigenvalue weighted by Gasteiger charge is -2.44. The quantitative estimate of drug-likeness (QED) is 0.812. The summed E-state index contributed by atoms with van der Waals surface area (Å²) in [4.78, 5) is 17.0. The van der Waals surface area contributed by atoms with E-state index in [1.165, 1.54) is 32.4 Å². The van der Waals surface area contributed by atoms with Gasteiger partial charge in [0.05, 0.1) is 10.6 Å². The van der Waals surface area contributed by atoms with Crippen LogP contribution in [0.5, 0.6) is 5.75 Å². The van der Waals surface area contributed by atoms with Gasteiger partial charge in [-0.25, -0.2) is 0 Å². The second kappa shape index (κ2) is 7.55. The number of likely N-dealkylation sites (tertiary alicyclic amines) is 2. The van der Waals surface area contributed by atoms with Crippen LogP contribution >= 0.6 is 11.6 Å². The molecule has 25 heavy (non-hydrogen) atoms. The average molecular weight is 363 g/mol. The molecule has 2 heterocycles. The van der Waals surface area contributed by atoms with Crippen LogP contribution in [0, 0.1) is 0 Å². The lowest BCUT2D eigenvalue weighted by Crippen LogP contribution is -2.50. The summed E-state index contributed by atoms with van der Waals surface area (Å²) in [5.74, 6) is 0.827. The minimum absolute atomic E-state index is 0.0443. The Bertz CT molecular complexity index is 618. The Kier molecular flexibility index (Phi) is 5.18. The zero-order valence-electron chi connectivity index (χ0n) is 14.8. The van der Waals surface area contributed by atoms with E-state index in [0.29, 0.717) is 16.6 Å². The standard InChI is InChI=1S/C20H27ClN2O2/c21-19-14-16(6-7-18(19)20(24)23-10-4-5-11-23)25-17-12-15(13-17)22-8-2-1-3-9-22/h6-7,14-15,17H,1-5,8-13H2/t15-,17-. The first-order valence-electron chi connectivity index (χ1n) is 9.70. The number of carbonyl (C=O) groups is 1. The van der Waals surface area contributed by atoms with Gasteiger partial charge in [-0.1, -0.05) is 18.0 Å². The third-order valence-electron chi connectivity index (χ3n) is 5.84. The molecule has 1 amide bonds. The van der Waals surface area contributed by atoms with Crippen molar-refractivity contribution in [1.82, 2.24) is 9.80 Å². The Morgan fingerprint density at radius 1 is 1.00 bits per heavy atom. The van der Waals surface area contributed by atoms with Crippen molar-refractivity contribution in [2.45, 2.75) is 57.1 Å². The molecule has 0 N–H and O–H groups in total. The van der Waals surface area contributed by atoms with E-state index < -0.39 is 0 Å². The second-order valence-electron chi connectivity index (χ2n) is 7.60. The molecule has 4 nitrogen and oxygen atoms in total. The highest BCUT2D eigenvalue weighted by atomic mass is 35.5. The molecular weight excluding hydrogens is 336 g/mol. The predicted octanol–water partition coefficient (Wildman–Crippen LogP) is 3.97. The average Bonchev–Trinajstić information content (AvgIpc) is 3.13. The van der Waals surface area contributed by atoms with Crippen LogP contribution in [0.1, 0.15) is 55.3 Å². The molecule has 3 fully saturated rings. The minimum atomic E-state index is 0.0443. The van der Waals surface area contributed by atoms with Gasteiger partial charge in [0.25, 0.3) is 5.91 Å². The first-order valence-corrected chi connectivity index (χ1v) is 10.1. The topological polar surface area (TPSA) is 32.8 Å². The molecule has 0 bridgehead atoms. The van der Waals surface area contributed by atoms with Gasteiger partial charge in [-0.3, -0.25) is 4.79 Å². The minimum Gasteiger partial charge on any atom is -0.490 e. The Morgan fingerprint density at radius 3 is 2.36 bits per heavy atom. The summed E-state index contributed by atoms with van der Waals surface area (Å²) < 4.78 is 6.08. The zero-order chi connectivity index (χ0) is 17.2. The first-order chi connectivity index (χ1) is 12.2. The van der Waals surface area contributed by atoms with Crippen molar-refractivity contribution < 1.29 is 9.53 Å². The summed E-state index contributed by atoms with van der Waals surface area (Å²) in [6.45, 7) is 4.17. The molecule has 2 saturated heterocycles. The van der Waals surface area contributed by atoms with E-state index in [2.05, 4.69) is 4.90 Å². The lowest BCUT2D eigenvalue weighted by atomic mass is 9.86. The van der Waals surface area contributed by atoms with Gasteiger partial charge in [-0.15, -0.1) is 0 Å². The molecule has 0 unspecified atom stereocenters. The van der Waals surface area contributed by atoms with E-state index in [1.54, 1.807) is 6.07 Å². The van der Waals surface area contributed by atoms with Gasteiger partial charge < -0.3 is 14.5 Å². The fourth-order valence-corrected chi connectivity index (χ4v) is 4.49. The largest absolute Gasteiger partial charge is 0.490 e. The van der Waals surface area contributed by atoms with Crippen LogP contribution in [-0.4, -0.2) is 54.0 Å². The zero-order valence-corrected chi connectivity index (χ0v) is 15.5. The van der Waals surface area contributed by atoms with Gasteiger partial charge in [-0.2, -0.15) is 0 Å². The molecule has 0 aromatic heterocycles. The van der Waals surface area contributed by atoms with E-state index in [1.807, 2.05) is 17.0 Å². The smallest absolute Gasteiger partial charge is 0.255 e. The highest BCUT2D eigenvalue weighted by molar-refractivity contribution is 6.34. The van der Waals surface area contributed by atoms with Crippen molar-refractivity contribution in [3.8, 4) is 5.75 Å². The highest BCUT2D eigenvalue weighted by Crippen LogP contribution is 2.33. The van der Waals surface area contributed by atoms with E-state index >= 15 is 0 Å². The Balaban J connectivity index is 1.31. The number of carbonyl (C=O) groups excluding carboxylic acids is 1. The summed E-state index contributed by atoms with van der Waals surface area (Å²) in [7, 11) is 0. The molecule has 3 aliphatic rings. The number of benzene rings is 1. The molecule has 5 heteroatoms. The lowest BCUT2D eigenvalue weighted by molar-refractivity contribution is 0.00892. The number of amides is 1. The maximum atomic E-state index is 12.5. The fourth-order valence-electron chi connectivity index (χ4n) is 4.24. The Hall–Kier alpha value is -1.26. The van der Waals surface area contributed by atoms with E-state index in [-0.39, 0.29) is 12.0 Å². The normalized spacial score (nSPS) is 27.2. The van der Waals surface area contributed by atoms with Gasteiger partial charge in [-0.05, 0) is 57.0 Å². The number of nitrogens with zero attached hydrogens (tertiary/aromatic N) is 2. The molecule has 1 aliphatic carbocycles. The molecule has 0 atom stereocenters. The van der Waals surface area contributed by atoms with Crippen LogP contribution in [-0.2, 0) is 0 Å². The van der Waals surface area contributed by atoms with Crippen LogP contribution in [0.4, 0.5) is 0 Å². The number of piperidine rings is 1. The number of rotatable bonds is 4. The number of halogens is 1. The van der Waals surface area contributed by atoms with Crippen LogP contribution in [0.25, 0.3) is 0 Å². The van der Waals surface area contributed by atoms with Gasteiger partial charge in [0.15, 0.2) is 0 Å². The van der Waals surface area contributed by atoms with Crippen molar-refractivity contribution in [2.75, 3.05) is 26.2 Å². The van der Waals surface area contributed by atoms with Gasteiger partial charge in [0, 0.05) is 32.0 Å². The van der Waals surface area contributed by atoms with E-state index in [4.69, 9.17) is 16.3 Å². The first kappa shape index (κ1) is 17.2. The van der Waals surface area contributed by atoms with E-state index in [9.17, 15) is 4.79 Å². The molecule has 2 aliphatic heterocycles. The molecule has 136 valence electrons. The van der Waals surface area contributed by atoms with Crippen molar-refractivity contribution in [3.63, 3.8) is 0 Å². The summed E-state index contributed by atoms with van der Waals surface area (Å²) in [6.07, 6.45) is 8.72. The summed E-state index contributed by atoms with van der Waals surface area (Å²) >= 11 is 6.36. The molecule has 1 saturated carbocycles. The highest BCUT2D eigenvalue weighted by Gasteiger charge is 2.35. The van der Waals surface area contributed by atoms with E-state index in [0.717, 1.165) is 44.5 Å². The fraction of sp³-hybridized carbons (Fsp3) is 0.650. The van der Waals surface area contributed by atoms with Gasteiger partial charge >= 0.3 is 0 Å². The van der Waals surface area contributed by atoms with Crippen LogP contribution in [0.3, 0.4) is 0 Å². The Morgan fingerprint density at radius 2 is 1.68 bits per heavy atom. The van der Waals surface area contributed by atoms with Gasteiger partial charge in [0.1, 0.15) is 11.9 Å². The summed E-state index contributed by atoms with van der Waals surface area (Å²) in [6, 6.07) is 6.21. The molecule has 0 spiro atoms. The maximum absolute atomic E-state index is 12.5. The summed E-state index contributed by atoms with van der Waals surface area (Å²) in [5.41, 5.74) is 0.593. The Labute approximate surface area is 155 Å². The maximum Gasteiger partial charge on any atom is 0.255 e. The third kappa shape index (κ3) is 3.80. The van der Waals surface area contributed by atoms with Crippen LogP contribution < -0.4 is 4.74 Å². The SMILES string of the molecule is O=C(c1ccc(O[C@H]2C[C@H](N3CCCCC3)C2)cc1Cl)N1CCCC1. The second-order valence-corrected chi connectivity index (χ2v) is 8.01.